The monoisotopic (exact) mass is 476 g/mol. The molecule has 1 aliphatic heterocycles. The molecule has 9 heteroatoms. The first-order valence-electron chi connectivity index (χ1n) is 10.3. The van der Waals surface area contributed by atoms with Gasteiger partial charge in [-0.2, -0.15) is 0 Å². The Hall–Kier alpha value is -2.16. The molecule has 4 rings (SSSR count). The van der Waals surface area contributed by atoms with Crippen LogP contribution in [0.3, 0.4) is 0 Å². The standard InChI is InChI=1S/C22H25ClN4O2S2/c1-15-13-17(14-16(2)20(15)23)29-11-3-6-19(28)26-7-9-27(10-8-26)22-25-24-21(31-22)18-5-4-12-30-18/h4-5,12-14H,3,6-11H2,1-2H3. The molecule has 0 radical (unpaired) electrons. The first-order chi connectivity index (χ1) is 15.0. The molecule has 0 aliphatic carbocycles. The van der Waals surface area contributed by atoms with Gasteiger partial charge in [-0.3, -0.25) is 4.79 Å². The number of rotatable bonds is 7. The van der Waals surface area contributed by atoms with Gasteiger partial charge in [-0.15, -0.1) is 21.5 Å². The molecule has 0 spiro atoms. The molecule has 0 bridgehead atoms. The highest BCUT2D eigenvalue weighted by Gasteiger charge is 2.23. The van der Waals surface area contributed by atoms with E-state index in [0.717, 1.165) is 50.0 Å². The van der Waals surface area contributed by atoms with Crippen LogP contribution in [-0.2, 0) is 4.79 Å². The van der Waals surface area contributed by atoms with E-state index >= 15 is 0 Å². The normalized spacial score (nSPS) is 14.2. The minimum atomic E-state index is 0.184. The van der Waals surface area contributed by atoms with Crippen LogP contribution in [0.2, 0.25) is 5.02 Å². The van der Waals surface area contributed by atoms with E-state index in [4.69, 9.17) is 16.3 Å². The van der Waals surface area contributed by atoms with Crippen molar-refractivity contribution in [1.82, 2.24) is 15.1 Å². The molecule has 0 N–H and O–H groups in total. The Balaban J connectivity index is 1.20. The number of thiophene rings is 1. The van der Waals surface area contributed by atoms with E-state index in [1.54, 1.807) is 22.7 Å². The highest BCUT2D eigenvalue weighted by Crippen LogP contribution is 2.32. The number of hydrogen-bond acceptors (Lipinski definition) is 7. The van der Waals surface area contributed by atoms with E-state index in [9.17, 15) is 4.79 Å². The lowest BCUT2D eigenvalue weighted by molar-refractivity contribution is -0.131. The number of benzene rings is 1. The van der Waals surface area contributed by atoms with Gasteiger partial charge in [0.1, 0.15) is 5.75 Å². The van der Waals surface area contributed by atoms with Crippen LogP contribution in [0.4, 0.5) is 5.13 Å². The van der Waals surface area contributed by atoms with E-state index in [0.29, 0.717) is 32.5 Å². The van der Waals surface area contributed by atoms with Gasteiger partial charge < -0.3 is 14.5 Å². The quantitative estimate of drug-likeness (QED) is 0.447. The molecule has 3 heterocycles. The van der Waals surface area contributed by atoms with Crippen molar-refractivity contribution in [3.63, 3.8) is 0 Å². The van der Waals surface area contributed by atoms with E-state index in [1.165, 1.54) is 0 Å². The molecule has 3 aromatic rings. The summed E-state index contributed by atoms with van der Waals surface area (Å²) in [5.41, 5.74) is 2.01. The first kappa shape index (κ1) is 22.0. The molecular weight excluding hydrogens is 452 g/mol. The molecule has 31 heavy (non-hydrogen) atoms. The zero-order valence-corrected chi connectivity index (χ0v) is 20.0. The molecule has 1 amide bonds. The lowest BCUT2D eigenvalue weighted by Crippen LogP contribution is -2.48. The van der Waals surface area contributed by atoms with E-state index in [2.05, 4.69) is 21.2 Å². The Morgan fingerprint density at radius 2 is 1.90 bits per heavy atom. The average molecular weight is 477 g/mol. The number of halogens is 1. The average Bonchev–Trinajstić information content (AvgIpc) is 3.47. The molecular formula is C22H25ClN4O2S2. The summed E-state index contributed by atoms with van der Waals surface area (Å²) in [7, 11) is 0. The predicted octanol–water partition coefficient (Wildman–Crippen LogP) is 5.04. The Labute approximate surface area is 195 Å². The Morgan fingerprint density at radius 3 is 2.58 bits per heavy atom. The zero-order chi connectivity index (χ0) is 21.8. The third kappa shape index (κ3) is 5.37. The number of aromatic nitrogens is 2. The molecule has 1 aliphatic rings. The van der Waals surface area contributed by atoms with Crippen LogP contribution in [0.5, 0.6) is 5.75 Å². The SMILES string of the molecule is Cc1cc(OCCCC(=O)N2CCN(c3nnc(-c4cccs4)s3)CC2)cc(C)c1Cl. The molecule has 164 valence electrons. The van der Waals surface area contributed by atoms with Gasteiger partial charge in [-0.1, -0.05) is 29.0 Å². The number of carbonyl (C=O) groups is 1. The summed E-state index contributed by atoms with van der Waals surface area (Å²) < 4.78 is 5.82. The van der Waals surface area contributed by atoms with Crippen molar-refractivity contribution in [2.24, 2.45) is 0 Å². The van der Waals surface area contributed by atoms with Crippen molar-refractivity contribution in [1.29, 1.82) is 0 Å². The van der Waals surface area contributed by atoms with Gasteiger partial charge in [0, 0.05) is 37.6 Å². The maximum absolute atomic E-state index is 12.6. The molecule has 1 aromatic carbocycles. The van der Waals surface area contributed by atoms with Gasteiger partial charge in [0.25, 0.3) is 0 Å². The second kappa shape index (κ2) is 9.97. The second-order valence-electron chi connectivity index (χ2n) is 7.56. The first-order valence-corrected chi connectivity index (χ1v) is 12.4. The fourth-order valence-corrected chi connectivity index (χ4v) is 5.35. The smallest absolute Gasteiger partial charge is 0.222 e. The Kier molecular flexibility index (Phi) is 7.09. The second-order valence-corrected chi connectivity index (χ2v) is 9.84. The highest BCUT2D eigenvalue weighted by atomic mass is 35.5. The van der Waals surface area contributed by atoms with Gasteiger partial charge in [-0.05, 0) is 55.0 Å². The number of ether oxygens (including phenoxy) is 1. The van der Waals surface area contributed by atoms with E-state index in [-0.39, 0.29) is 5.91 Å². The molecule has 0 saturated carbocycles. The summed E-state index contributed by atoms with van der Waals surface area (Å²) in [5, 5.41) is 13.4. The molecule has 1 saturated heterocycles. The zero-order valence-electron chi connectivity index (χ0n) is 17.6. The van der Waals surface area contributed by atoms with Crippen molar-refractivity contribution in [2.75, 3.05) is 37.7 Å². The Bertz CT molecular complexity index is 1010. The number of nitrogens with zero attached hydrogens (tertiary/aromatic N) is 4. The van der Waals surface area contributed by atoms with Crippen molar-refractivity contribution in [3.05, 3.63) is 45.8 Å². The number of hydrogen-bond donors (Lipinski definition) is 0. The summed E-state index contributed by atoms with van der Waals surface area (Å²) in [6.45, 7) is 7.44. The third-order valence-electron chi connectivity index (χ3n) is 5.26. The maximum Gasteiger partial charge on any atom is 0.222 e. The predicted molar refractivity (Wildman–Crippen MR) is 128 cm³/mol. The van der Waals surface area contributed by atoms with Crippen LogP contribution >= 0.6 is 34.3 Å². The molecule has 2 aromatic heterocycles. The maximum atomic E-state index is 12.6. The summed E-state index contributed by atoms with van der Waals surface area (Å²) in [4.78, 5) is 17.9. The van der Waals surface area contributed by atoms with Gasteiger partial charge in [0.05, 0.1) is 11.5 Å². The highest BCUT2D eigenvalue weighted by molar-refractivity contribution is 7.22. The van der Waals surface area contributed by atoms with Gasteiger partial charge >= 0.3 is 0 Å². The molecule has 0 unspecified atom stereocenters. The fraction of sp³-hybridized carbons (Fsp3) is 0.409. The third-order valence-corrected chi connectivity index (χ3v) is 7.88. The minimum absolute atomic E-state index is 0.184. The number of amides is 1. The number of anilines is 1. The van der Waals surface area contributed by atoms with Crippen LogP contribution in [0.15, 0.2) is 29.6 Å². The van der Waals surface area contributed by atoms with Crippen LogP contribution < -0.4 is 9.64 Å². The van der Waals surface area contributed by atoms with E-state index in [1.807, 2.05) is 42.3 Å². The van der Waals surface area contributed by atoms with Crippen LogP contribution in [0, 0.1) is 13.8 Å². The lowest BCUT2D eigenvalue weighted by atomic mass is 10.1. The van der Waals surface area contributed by atoms with E-state index < -0.39 is 0 Å². The van der Waals surface area contributed by atoms with Crippen molar-refractivity contribution >= 4 is 45.3 Å². The van der Waals surface area contributed by atoms with Crippen molar-refractivity contribution in [3.8, 4) is 15.6 Å². The Morgan fingerprint density at radius 1 is 1.16 bits per heavy atom. The van der Waals surface area contributed by atoms with Crippen LogP contribution in [-0.4, -0.2) is 53.8 Å². The minimum Gasteiger partial charge on any atom is -0.494 e. The topological polar surface area (TPSA) is 58.6 Å². The fourth-order valence-electron chi connectivity index (χ4n) is 3.55. The number of piperazine rings is 1. The summed E-state index contributed by atoms with van der Waals surface area (Å²) >= 11 is 9.48. The number of carbonyl (C=O) groups excluding carboxylic acids is 1. The van der Waals surface area contributed by atoms with Crippen LogP contribution in [0.25, 0.3) is 9.88 Å². The summed E-state index contributed by atoms with van der Waals surface area (Å²) in [6, 6.07) is 7.96. The largest absolute Gasteiger partial charge is 0.494 e. The van der Waals surface area contributed by atoms with Crippen LogP contribution in [0.1, 0.15) is 24.0 Å². The lowest BCUT2D eigenvalue weighted by Gasteiger charge is -2.34. The molecule has 1 fully saturated rings. The van der Waals surface area contributed by atoms with Gasteiger partial charge in [0.2, 0.25) is 11.0 Å². The van der Waals surface area contributed by atoms with Crippen molar-refractivity contribution in [2.45, 2.75) is 26.7 Å². The summed E-state index contributed by atoms with van der Waals surface area (Å²) in [6.07, 6.45) is 1.19. The van der Waals surface area contributed by atoms with Crippen molar-refractivity contribution < 1.29 is 9.53 Å². The van der Waals surface area contributed by atoms with Gasteiger partial charge in [-0.25, -0.2) is 0 Å². The number of aryl methyl sites for hydroxylation is 2. The molecule has 6 nitrogen and oxygen atoms in total. The van der Waals surface area contributed by atoms with Gasteiger partial charge in [0.15, 0.2) is 5.01 Å². The molecule has 0 atom stereocenters. The summed E-state index contributed by atoms with van der Waals surface area (Å²) in [5.74, 6) is 0.989.